The van der Waals surface area contributed by atoms with Gasteiger partial charge in [-0.3, -0.25) is 34.0 Å². The summed E-state index contributed by atoms with van der Waals surface area (Å²) in [5.74, 6) is -0.634. The van der Waals surface area contributed by atoms with Crippen LogP contribution in [-0.2, 0) is 19.2 Å². The summed E-state index contributed by atoms with van der Waals surface area (Å²) in [5.41, 5.74) is 0. The van der Waals surface area contributed by atoms with Crippen molar-refractivity contribution in [3.63, 3.8) is 0 Å². The molecule has 0 aliphatic carbocycles. The smallest absolute Gasteiger partial charge is 0.317 e. The predicted octanol–water partition coefficient (Wildman–Crippen LogP) is -0.240. The summed E-state index contributed by atoms with van der Waals surface area (Å²) >= 11 is 0. The van der Waals surface area contributed by atoms with E-state index in [0.717, 1.165) is 25.7 Å². The van der Waals surface area contributed by atoms with Gasteiger partial charge in [-0.15, -0.1) is 0 Å². The van der Waals surface area contributed by atoms with Crippen molar-refractivity contribution < 1.29 is 44.7 Å². The summed E-state index contributed by atoms with van der Waals surface area (Å²) in [5, 5.41) is 45.0. The Kier molecular flexibility index (Phi) is 33.8. The van der Waals surface area contributed by atoms with Crippen LogP contribution < -0.4 is 5.32 Å². The van der Waals surface area contributed by atoms with Crippen LogP contribution in [0.1, 0.15) is 53.9 Å². The van der Waals surface area contributed by atoms with Gasteiger partial charge in [-0.05, 0) is 18.3 Å². The van der Waals surface area contributed by atoms with E-state index >= 15 is 0 Å². The first-order valence-corrected chi connectivity index (χ1v) is 15.6. The topological polar surface area (TPSA) is 194 Å². The maximum Gasteiger partial charge on any atom is 0.317 e. The first kappa shape index (κ1) is 46.2. The first-order chi connectivity index (χ1) is 20.9. The van der Waals surface area contributed by atoms with Crippen LogP contribution in [0, 0.1) is 11.8 Å². The molecule has 0 radical (unpaired) electrons. The summed E-state index contributed by atoms with van der Waals surface area (Å²) in [4.78, 5) is 52.7. The number of nitrogens with zero attached hydrogens (tertiary/aromatic N) is 4. The van der Waals surface area contributed by atoms with Gasteiger partial charge in [0.05, 0.1) is 32.8 Å². The normalized spacial score (nSPS) is 15.7. The second-order valence-corrected chi connectivity index (χ2v) is 11.2. The van der Waals surface area contributed by atoms with Crippen molar-refractivity contribution in [2.75, 3.05) is 105 Å². The molecule has 14 nitrogen and oxygen atoms in total. The molecule has 14 heteroatoms. The van der Waals surface area contributed by atoms with Crippen molar-refractivity contribution in [3.05, 3.63) is 0 Å². The van der Waals surface area contributed by atoms with Gasteiger partial charge in [0, 0.05) is 72.6 Å². The standard InChI is InChI=1S/C18H33N5O7.C6H14.C5H12O.CH4O/c24-11-1-19-16(26)13-21-4-2-20(10-12-25)3-5-22(14-17(27)28)8-9-23(7-6-21)15-18(29)30;1-4-5-6(2)3;1-5(2)3-4-6;1-2/h12,24H,1-11,13-15H2,(H,19,26)(H,27,28)(H,29,30);6H,4-5H2,1-3H3;5-6H,3-4H2,1-2H3;2H,1H3. The van der Waals surface area contributed by atoms with E-state index in [1.165, 1.54) is 12.8 Å². The lowest BCUT2D eigenvalue weighted by molar-refractivity contribution is -0.140. The quantitative estimate of drug-likeness (QED) is 0.137. The molecule has 1 fully saturated rings. The highest BCUT2D eigenvalue weighted by Crippen LogP contribution is 2.02. The number of aliphatic hydroxyl groups excluding tert-OH is 3. The minimum absolute atomic E-state index is 0.0982. The van der Waals surface area contributed by atoms with E-state index in [2.05, 4.69) is 39.9 Å². The largest absolute Gasteiger partial charge is 0.480 e. The third-order valence-electron chi connectivity index (χ3n) is 6.35. The van der Waals surface area contributed by atoms with Crippen molar-refractivity contribution in [3.8, 4) is 0 Å². The molecule has 0 saturated carbocycles. The van der Waals surface area contributed by atoms with Crippen LogP contribution in [0.25, 0.3) is 0 Å². The molecule has 6 N–H and O–H groups in total. The highest BCUT2D eigenvalue weighted by atomic mass is 16.4. The van der Waals surface area contributed by atoms with E-state index in [1.54, 1.807) is 9.80 Å². The van der Waals surface area contributed by atoms with Crippen molar-refractivity contribution in [1.82, 2.24) is 24.9 Å². The summed E-state index contributed by atoms with van der Waals surface area (Å²) < 4.78 is 0. The van der Waals surface area contributed by atoms with Gasteiger partial charge in [0.2, 0.25) is 5.91 Å². The number of carbonyl (C=O) groups excluding carboxylic acids is 2. The molecule has 1 aliphatic heterocycles. The number of aliphatic hydroxyl groups is 3. The van der Waals surface area contributed by atoms with E-state index in [4.69, 9.17) is 20.4 Å². The molecule has 1 heterocycles. The number of amides is 1. The maximum absolute atomic E-state index is 12.1. The summed E-state index contributed by atoms with van der Waals surface area (Å²) in [7, 11) is 1.00. The van der Waals surface area contributed by atoms with Crippen LogP contribution >= 0.6 is 0 Å². The van der Waals surface area contributed by atoms with Crippen LogP contribution in [0.15, 0.2) is 0 Å². The van der Waals surface area contributed by atoms with Gasteiger partial charge in [0.1, 0.15) is 6.29 Å². The predicted molar refractivity (Wildman–Crippen MR) is 172 cm³/mol. The second-order valence-electron chi connectivity index (χ2n) is 11.2. The lowest BCUT2D eigenvalue weighted by atomic mass is 10.1. The van der Waals surface area contributed by atoms with E-state index < -0.39 is 11.9 Å². The van der Waals surface area contributed by atoms with Gasteiger partial charge in [-0.2, -0.15) is 0 Å². The average molecular weight is 638 g/mol. The zero-order chi connectivity index (χ0) is 34.3. The number of hydrogen-bond donors (Lipinski definition) is 6. The van der Waals surface area contributed by atoms with Crippen molar-refractivity contribution >= 4 is 24.1 Å². The Morgan fingerprint density at radius 1 is 0.682 bits per heavy atom. The molecule has 262 valence electrons. The van der Waals surface area contributed by atoms with Crippen molar-refractivity contribution in [2.24, 2.45) is 11.8 Å². The molecule has 1 rings (SSSR count). The minimum atomic E-state index is -0.976. The Balaban J connectivity index is -0.000000996. The fraction of sp³-hybridized carbons (Fsp3) is 0.867. The number of nitrogens with one attached hydrogen (secondary N) is 1. The Bertz CT molecular complexity index is 704. The SMILES string of the molecule is CC(C)CCO.CCCC(C)C.CO.O=CCN1CCN(CC(=O)O)CCN(CC(=O)O)CCN(CC(=O)NCCO)CC1. The third kappa shape index (κ3) is 32.7. The van der Waals surface area contributed by atoms with Crippen LogP contribution in [0.3, 0.4) is 0 Å². The number of rotatable bonds is 14. The first-order valence-electron chi connectivity index (χ1n) is 15.6. The lowest BCUT2D eigenvalue weighted by Crippen LogP contribution is -2.49. The summed E-state index contributed by atoms with van der Waals surface area (Å²) in [6.07, 6.45) is 4.43. The van der Waals surface area contributed by atoms with Crippen LogP contribution in [-0.4, -0.2) is 175 Å². The lowest BCUT2D eigenvalue weighted by Gasteiger charge is -2.32. The Morgan fingerprint density at radius 3 is 1.32 bits per heavy atom. The van der Waals surface area contributed by atoms with Gasteiger partial charge < -0.3 is 35.6 Å². The number of carboxylic acids is 2. The average Bonchev–Trinajstić information content (AvgIpc) is 2.94. The minimum Gasteiger partial charge on any atom is -0.480 e. The number of carbonyl (C=O) groups is 4. The van der Waals surface area contributed by atoms with E-state index in [1.807, 2.05) is 9.80 Å². The van der Waals surface area contributed by atoms with E-state index in [0.29, 0.717) is 64.9 Å². The number of hydrogen-bond acceptors (Lipinski definition) is 11. The Labute approximate surface area is 265 Å². The molecule has 0 aromatic heterocycles. The molecule has 44 heavy (non-hydrogen) atoms. The molecule has 1 aliphatic rings. The van der Waals surface area contributed by atoms with Gasteiger partial charge in [-0.25, -0.2) is 0 Å². The zero-order valence-electron chi connectivity index (χ0n) is 28.1. The highest BCUT2D eigenvalue weighted by Gasteiger charge is 2.20. The summed E-state index contributed by atoms with van der Waals surface area (Å²) in [6, 6.07) is 0. The maximum atomic E-state index is 12.1. The number of aliphatic carboxylic acids is 2. The van der Waals surface area contributed by atoms with Crippen LogP contribution in [0.4, 0.5) is 0 Å². The molecule has 0 bridgehead atoms. The monoisotopic (exact) mass is 637 g/mol. The fourth-order valence-electron chi connectivity index (χ4n) is 4.01. The Morgan fingerprint density at radius 2 is 1.07 bits per heavy atom. The summed E-state index contributed by atoms with van der Waals surface area (Å²) in [6.45, 7) is 14.7. The molecule has 1 saturated heterocycles. The zero-order valence-corrected chi connectivity index (χ0v) is 28.1. The molecule has 0 spiro atoms. The molecule has 0 unspecified atom stereocenters. The van der Waals surface area contributed by atoms with Crippen molar-refractivity contribution in [1.29, 1.82) is 0 Å². The van der Waals surface area contributed by atoms with Gasteiger partial charge >= 0.3 is 11.9 Å². The Hall–Kier alpha value is -2.20. The van der Waals surface area contributed by atoms with Gasteiger partial charge in [0.15, 0.2) is 0 Å². The number of aldehydes is 1. The molecule has 0 aromatic carbocycles. The molecular formula is C30H63N5O9. The highest BCUT2D eigenvalue weighted by molar-refractivity contribution is 5.78. The van der Waals surface area contributed by atoms with Gasteiger partial charge in [-0.1, -0.05) is 47.5 Å². The van der Waals surface area contributed by atoms with Crippen LogP contribution in [0.2, 0.25) is 0 Å². The van der Waals surface area contributed by atoms with E-state index in [-0.39, 0.29) is 45.2 Å². The van der Waals surface area contributed by atoms with Gasteiger partial charge in [0.25, 0.3) is 0 Å². The molecule has 0 aromatic rings. The van der Waals surface area contributed by atoms with E-state index in [9.17, 15) is 24.3 Å². The third-order valence-corrected chi connectivity index (χ3v) is 6.35. The molecule has 0 atom stereocenters. The molecular weight excluding hydrogens is 574 g/mol. The fourth-order valence-corrected chi connectivity index (χ4v) is 4.01. The molecule has 1 amide bonds. The second kappa shape index (κ2) is 32.2. The van der Waals surface area contributed by atoms with Crippen LogP contribution in [0.5, 0.6) is 0 Å². The van der Waals surface area contributed by atoms with Crippen molar-refractivity contribution in [2.45, 2.75) is 53.9 Å². The number of carboxylic acid groups (broad SMARTS) is 2.